The van der Waals surface area contributed by atoms with E-state index in [2.05, 4.69) is 9.97 Å². The van der Waals surface area contributed by atoms with E-state index in [1.165, 1.54) is 0 Å². The minimum Gasteiger partial charge on any atom is -0.460 e. The number of aromatic nitrogens is 2. The average molecular weight is 347 g/mol. The molecule has 3 saturated heterocycles. The second kappa shape index (κ2) is 6.88. The number of nitrogens with zero attached hydrogens (tertiary/aromatic N) is 3. The van der Waals surface area contributed by atoms with Crippen LogP contribution in [0, 0.1) is 12.8 Å². The van der Waals surface area contributed by atoms with Crippen molar-refractivity contribution in [3.05, 3.63) is 18.0 Å². The van der Waals surface area contributed by atoms with Crippen LogP contribution < -0.4 is 4.74 Å². The number of rotatable bonds is 3. The van der Waals surface area contributed by atoms with Crippen molar-refractivity contribution in [1.29, 1.82) is 0 Å². The molecule has 3 aliphatic heterocycles. The van der Waals surface area contributed by atoms with E-state index < -0.39 is 0 Å². The minimum atomic E-state index is -0.256. The van der Waals surface area contributed by atoms with Crippen LogP contribution in [0.3, 0.4) is 0 Å². The molecule has 1 amide bonds. The van der Waals surface area contributed by atoms with Gasteiger partial charge in [-0.2, -0.15) is 0 Å². The lowest BCUT2D eigenvalue weighted by molar-refractivity contribution is -0.197. The Hall–Kier alpha value is -1.73. The van der Waals surface area contributed by atoms with Crippen molar-refractivity contribution in [3.8, 4) is 6.01 Å². The Labute approximate surface area is 147 Å². The summed E-state index contributed by atoms with van der Waals surface area (Å²) in [6.07, 6.45) is 5.02. The number of carbonyl (C=O) groups excluding carboxylic acids is 1. The van der Waals surface area contributed by atoms with E-state index in [0.29, 0.717) is 38.9 Å². The zero-order chi connectivity index (χ0) is 17.3. The SMILES string of the molecule is Cc1ccnc(OC2CCOC3(C2)CN(C(=O)C2CCOCC2)C3)n1. The number of carbonyl (C=O) groups is 1. The van der Waals surface area contributed by atoms with Crippen LogP contribution in [0.25, 0.3) is 0 Å². The van der Waals surface area contributed by atoms with Crippen LogP contribution in [0.5, 0.6) is 6.01 Å². The van der Waals surface area contributed by atoms with Crippen molar-refractivity contribution >= 4 is 5.91 Å². The summed E-state index contributed by atoms with van der Waals surface area (Å²) in [5.74, 6) is 0.366. The van der Waals surface area contributed by atoms with E-state index in [0.717, 1.165) is 31.4 Å². The summed E-state index contributed by atoms with van der Waals surface area (Å²) in [7, 11) is 0. The summed E-state index contributed by atoms with van der Waals surface area (Å²) in [6, 6.07) is 2.28. The number of hydrogen-bond donors (Lipinski definition) is 0. The molecule has 7 nitrogen and oxygen atoms in total. The van der Waals surface area contributed by atoms with E-state index in [9.17, 15) is 4.79 Å². The monoisotopic (exact) mass is 347 g/mol. The highest BCUT2D eigenvalue weighted by atomic mass is 16.5. The summed E-state index contributed by atoms with van der Waals surface area (Å²) >= 11 is 0. The molecule has 7 heteroatoms. The lowest BCUT2D eigenvalue weighted by Crippen LogP contribution is -2.68. The summed E-state index contributed by atoms with van der Waals surface area (Å²) in [5, 5.41) is 0. The number of amides is 1. The first-order valence-electron chi connectivity index (χ1n) is 9.10. The van der Waals surface area contributed by atoms with Gasteiger partial charge in [-0.1, -0.05) is 0 Å². The van der Waals surface area contributed by atoms with Gasteiger partial charge in [-0.3, -0.25) is 4.79 Å². The van der Waals surface area contributed by atoms with Gasteiger partial charge in [0.15, 0.2) is 0 Å². The van der Waals surface area contributed by atoms with Crippen LogP contribution >= 0.6 is 0 Å². The highest BCUT2D eigenvalue weighted by molar-refractivity contribution is 5.80. The molecule has 0 aromatic carbocycles. The summed E-state index contributed by atoms with van der Waals surface area (Å²) in [6.45, 7) is 5.29. The van der Waals surface area contributed by atoms with Gasteiger partial charge in [0, 0.05) is 43.9 Å². The van der Waals surface area contributed by atoms with Crippen molar-refractivity contribution in [3.63, 3.8) is 0 Å². The van der Waals surface area contributed by atoms with Crippen molar-refractivity contribution in [1.82, 2.24) is 14.9 Å². The van der Waals surface area contributed by atoms with Crippen LogP contribution in [-0.2, 0) is 14.3 Å². The molecule has 3 aliphatic rings. The van der Waals surface area contributed by atoms with Crippen LogP contribution in [0.2, 0.25) is 0 Å². The first-order chi connectivity index (χ1) is 12.1. The molecule has 0 aliphatic carbocycles. The van der Waals surface area contributed by atoms with Crippen molar-refractivity contribution in [2.75, 3.05) is 32.9 Å². The molecule has 0 saturated carbocycles. The zero-order valence-electron chi connectivity index (χ0n) is 14.6. The number of likely N-dealkylation sites (tertiary alicyclic amines) is 1. The molecule has 0 N–H and O–H groups in total. The standard InChI is InChI=1S/C18H25N3O4/c1-13-2-6-19-17(20-13)25-15-5-9-24-18(10-15)11-21(12-18)16(22)14-3-7-23-8-4-14/h2,6,14-15H,3-5,7-12H2,1H3. The maximum Gasteiger partial charge on any atom is 0.316 e. The van der Waals surface area contributed by atoms with Crippen LogP contribution in [0.4, 0.5) is 0 Å². The molecular weight excluding hydrogens is 322 g/mol. The summed E-state index contributed by atoms with van der Waals surface area (Å²) < 4.78 is 17.3. The van der Waals surface area contributed by atoms with Crippen LogP contribution in [0.15, 0.2) is 12.3 Å². The molecule has 1 atom stereocenters. The predicted molar refractivity (Wildman–Crippen MR) is 89.2 cm³/mol. The maximum atomic E-state index is 12.6. The van der Waals surface area contributed by atoms with E-state index in [1.807, 2.05) is 17.9 Å². The molecule has 4 heterocycles. The maximum absolute atomic E-state index is 12.6. The van der Waals surface area contributed by atoms with Gasteiger partial charge >= 0.3 is 6.01 Å². The molecular formula is C18H25N3O4. The lowest BCUT2D eigenvalue weighted by Gasteiger charge is -2.53. The summed E-state index contributed by atoms with van der Waals surface area (Å²) in [5.41, 5.74) is 0.636. The third-order valence-electron chi connectivity index (χ3n) is 5.33. The van der Waals surface area contributed by atoms with Gasteiger partial charge in [0.25, 0.3) is 0 Å². The molecule has 0 radical (unpaired) electrons. The van der Waals surface area contributed by atoms with E-state index in [1.54, 1.807) is 6.20 Å². The van der Waals surface area contributed by atoms with Gasteiger partial charge in [0.1, 0.15) is 11.7 Å². The number of aryl methyl sites for hydroxylation is 1. The molecule has 136 valence electrons. The van der Waals surface area contributed by atoms with Crippen LogP contribution in [-0.4, -0.2) is 65.4 Å². The highest BCUT2D eigenvalue weighted by Gasteiger charge is 2.50. The zero-order valence-corrected chi connectivity index (χ0v) is 14.6. The molecule has 0 bridgehead atoms. The summed E-state index contributed by atoms with van der Waals surface area (Å²) in [4.78, 5) is 23.0. The molecule has 4 rings (SSSR count). The Bertz CT molecular complexity index is 627. The van der Waals surface area contributed by atoms with Crippen molar-refractivity contribution in [2.24, 2.45) is 5.92 Å². The molecule has 1 spiro atoms. The quantitative estimate of drug-likeness (QED) is 0.822. The highest BCUT2D eigenvalue weighted by Crippen LogP contribution is 2.36. The smallest absolute Gasteiger partial charge is 0.316 e. The van der Waals surface area contributed by atoms with Crippen LogP contribution in [0.1, 0.15) is 31.4 Å². The number of hydrogen-bond acceptors (Lipinski definition) is 6. The third kappa shape index (κ3) is 3.62. The van der Waals surface area contributed by atoms with Gasteiger partial charge in [0.2, 0.25) is 5.91 Å². The second-order valence-corrected chi connectivity index (χ2v) is 7.33. The molecule has 1 aromatic heterocycles. The van der Waals surface area contributed by atoms with Crippen molar-refractivity contribution < 1.29 is 19.0 Å². The first-order valence-corrected chi connectivity index (χ1v) is 9.10. The largest absolute Gasteiger partial charge is 0.460 e. The topological polar surface area (TPSA) is 73.8 Å². The Balaban J connectivity index is 1.32. The van der Waals surface area contributed by atoms with E-state index in [-0.39, 0.29) is 23.5 Å². The fraction of sp³-hybridized carbons (Fsp3) is 0.722. The Kier molecular flexibility index (Phi) is 4.60. The van der Waals surface area contributed by atoms with Gasteiger partial charge in [-0.15, -0.1) is 0 Å². The Morgan fingerprint density at radius 1 is 1.28 bits per heavy atom. The molecule has 1 unspecified atom stereocenters. The lowest BCUT2D eigenvalue weighted by atomic mass is 9.83. The Morgan fingerprint density at radius 3 is 2.84 bits per heavy atom. The molecule has 3 fully saturated rings. The second-order valence-electron chi connectivity index (χ2n) is 7.33. The van der Waals surface area contributed by atoms with Crippen molar-refractivity contribution in [2.45, 2.75) is 44.3 Å². The predicted octanol–water partition coefficient (Wildman–Crippen LogP) is 1.35. The van der Waals surface area contributed by atoms with E-state index in [4.69, 9.17) is 14.2 Å². The van der Waals surface area contributed by atoms with Gasteiger partial charge < -0.3 is 19.1 Å². The fourth-order valence-corrected chi connectivity index (χ4v) is 3.94. The van der Waals surface area contributed by atoms with Gasteiger partial charge in [-0.05, 0) is 25.8 Å². The molecule has 25 heavy (non-hydrogen) atoms. The molecule has 1 aromatic rings. The van der Waals surface area contributed by atoms with Gasteiger partial charge in [-0.25, -0.2) is 9.97 Å². The average Bonchev–Trinajstić information content (AvgIpc) is 2.60. The van der Waals surface area contributed by atoms with E-state index >= 15 is 0 Å². The normalized spacial score (nSPS) is 26.3. The van der Waals surface area contributed by atoms with Gasteiger partial charge in [0.05, 0.1) is 19.7 Å². The minimum absolute atomic E-state index is 0.0379. The Morgan fingerprint density at radius 2 is 2.08 bits per heavy atom. The third-order valence-corrected chi connectivity index (χ3v) is 5.33. The first kappa shape index (κ1) is 16.7. The fourth-order valence-electron chi connectivity index (χ4n) is 3.94. The number of ether oxygens (including phenoxy) is 3.